The molecule has 0 unspecified atom stereocenters. The zero-order chi connectivity index (χ0) is 9.30. The Kier molecular flexibility index (Phi) is 2.18. The zero-order valence-electron chi connectivity index (χ0n) is 7.92. The maximum absolute atomic E-state index is 7.00. The fraction of sp³-hybridized carbons (Fsp3) is 0.556. The normalized spacial score (nSPS) is 10.3. The molecule has 0 aliphatic rings. The highest BCUT2D eigenvalue weighted by Gasteiger charge is 2.15. The van der Waals surface area contributed by atoms with Crippen molar-refractivity contribution in [2.24, 2.45) is 7.05 Å². The Labute approximate surface area is 72.8 Å². The third-order valence-corrected chi connectivity index (χ3v) is 1.89. The van der Waals surface area contributed by atoms with Crippen LogP contribution in [0.3, 0.4) is 0 Å². The van der Waals surface area contributed by atoms with E-state index in [2.05, 4.69) is 23.8 Å². The van der Waals surface area contributed by atoms with Gasteiger partial charge in [-0.05, 0) is 12.8 Å². The van der Waals surface area contributed by atoms with Gasteiger partial charge >= 0.3 is 0 Å². The highest BCUT2D eigenvalue weighted by Crippen LogP contribution is 2.29. The van der Waals surface area contributed by atoms with E-state index in [0.717, 1.165) is 11.4 Å². The molecule has 1 rings (SSSR count). The molecular formula is C9H13N3. The summed E-state index contributed by atoms with van der Waals surface area (Å²) in [6.45, 7) is 13.0. The second kappa shape index (κ2) is 2.98. The van der Waals surface area contributed by atoms with Gasteiger partial charge in [0.2, 0.25) is 5.69 Å². The average Bonchev–Trinajstić information content (AvgIpc) is 2.24. The Balaban J connectivity index is 3.35. The second-order valence-electron chi connectivity index (χ2n) is 3.21. The van der Waals surface area contributed by atoms with Crippen molar-refractivity contribution in [1.29, 1.82) is 0 Å². The Morgan fingerprint density at radius 1 is 1.50 bits per heavy atom. The van der Waals surface area contributed by atoms with Gasteiger partial charge in [-0.1, -0.05) is 13.8 Å². The van der Waals surface area contributed by atoms with Crippen molar-refractivity contribution in [3.63, 3.8) is 0 Å². The van der Waals surface area contributed by atoms with E-state index in [0.29, 0.717) is 11.6 Å². The Hall–Kier alpha value is -1.30. The van der Waals surface area contributed by atoms with E-state index in [-0.39, 0.29) is 0 Å². The van der Waals surface area contributed by atoms with E-state index in [1.54, 1.807) is 4.68 Å². The quantitative estimate of drug-likeness (QED) is 0.583. The van der Waals surface area contributed by atoms with Crippen molar-refractivity contribution in [2.75, 3.05) is 0 Å². The van der Waals surface area contributed by atoms with E-state index in [9.17, 15) is 0 Å². The fourth-order valence-electron chi connectivity index (χ4n) is 1.45. The summed E-state index contributed by atoms with van der Waals surface area (Å²) in [5, 5.41) is 4.21. The molecule has 0 aliphatic carbocycles. The number of hydrogen-bond acceptors (Lipinski definition) is 1. The van der Waals surface area contributed by atoms with E-state index >= 15 is 0 Å². The van der Waals surface area contributed by atoms with Gasteiger partial charge in [-0.25, -0.2) is 4.85 Å². The van der Waals surface area contributed by atoms with Crippen molar-refractivity contribution in [1.82, 2.24) is 9.78 Å². The first-order valence-corrected chi connectivity index (χ1v) is 3.99. The molecule has 0 radical (unpaired) electrons. The van der Waals surface area contributed by atoms with Gasteiger partial charge in [0.1, 0.15) is 0 Å². The lowest BCUT2D eigenvalue weighted by atomic mass is 10.1. The molecule has 0 atom stereocenters. The standard InChI is InChI=1S/C9H13N3/c1-6(2)9-8(10-4)7(3)11-12(9)5/h6H,1-3,5H3. The van der Waals surface area contributed by atoms with E-state index < -0.39 is 0 Å². The van der Waals surface area contributed by atoms with Crippen LogP contribution in [0.4, 0.5) is 5.69 Å². The van der Waals surface area contributed by atoms with Gasteiger partial charge < -0.3 is 0 Å². The molecular weight excluding hydrogens is 150 g/mol. The van der Waals surface area contributed by atoms with E-state index in [1.807, 2.05) is 14.0 Å². The predicted molar refractivity (Wildman–Crippen MR) is 48.3 cm³/mol. The largest absolute Gasteiger partial charge is 0.284 e. The molecule has 3 heteroatoms. The van der Waals surface area contributed by atoms with Crippen LogP contribution in [-0.4, -0.2) is 9.78 Å². The fourth-order valence-corrected chi connectivity index (χ4v) is 1.45. The summed E-state index contributed by atoms with van der Waals surface area (Å²) in [4.78, 5) is 3.48. The molecule has 1 aromatic heterocycles. The van der Waals surface area contributed by atoms with Gasteiger partial charge in [-0.15, -0.1) is 0 Å². The van der Waals surface area contributed by atoms with Gasteiger partial charge in [0.25, 0.3) is 0 Å². The van der Waals surface area contributed by atoms with Gasteiger partial charge in [0.05, 0.1) is 12.3 Å². The van der Waals surface area contributed by atoms with Gasteiger partial charge in [-0.2, -0.15) is 5.10 Å². The van der Waals surface area contributed by atoms with Crippen LogP contribution in [0.5, 0.6) is 0 Å². The van der Waals surface area contributed by atoms with Crippen LogP contribution < -0.4 is 0 Å². The van der Waals surface area contributed by atoms with Crippen LogP contribution >= 0.6 is 0 Å². The smallest absolute Gasteiger partial charge is 0.230 e. The van der Waals surface area contributed by atoms with Crippen LogP contribution in [-0.2, 0) is 7.05 Å². The maximum Gasteiger partial charge on any atom is 0.230 e. The topological polar surface area (TPSA) is 22.2 Å². The van der Waals surface area contributed by atoms with Crippen molar-refractivity contribution in [2.45, 2.75) is 26.7 Å². The molecule has 0 saturated heterocycles. The Morgan fingerprint density at radius 2 is 2.08 bits per heavy atom. The number of hydrogen-bond donors (Lipinski definition) is 0. The number of aromatic nitrogens is 2. The molecule has 0 saturated carbocycles. The molecule has 0 fully saturated rings. The third-order valence-electron chi connectivity index (χ3n) is 1.89. The van der Waals surface area contributed by atoms with Crippen molar-refractivity contribution < 1.29 is 0 Å². The number of aryl methyl sites for hydroxylation is 2. The lowest BCUT2D eigenvalue weighted by Crippen LogP contribution is -1.99. The molecule has 3 nitrogen and oxygen atoms in total. The first-order chi connectivity index (χ1) is 5.57. The minimum absolute atomic E-state index is 0.361. The van der Waals surface area contributed by atoms with Crippen LogP contribution in [0.25, 0.3) is 4.85 Å². The van der Waals surface area contributed by atoms with Gasteiger partial charge in [0.15, 0.2) is 0 Å². The van der Waals surface area contributed by atoms with Crippen LogP contribution in [0, 0.1) is 13.5 Å². The van der Waals surface area contributed by atoms with Gasteiger partial charge in [0, 0.05) is 12.7 Å². The molecule has 0 N–H and O–H groups in total. The third kappa shape index (κ3) is 1.20. The van der Waals surface area contributed by atoms with Crippen molar-refractivity contribution in [3.05, 3.63) is 22.8 Å². The summed E-state index contributed by atoms with van der Waals surface area (Å²) in [6.07, 6.45) is 0. The lowest BCUT2D eigenvalue weighted by Gasteiger charge is -2.05. The minimum Gasteiger partial charge on any atom is -0.284 e. The second-order valence-corrected chi connectivity index (χ2v) is 3.21. The molecule has 0 amide bonds. The summed E-state index contributed by atoms with van der Waals surface area (Å²) in [5.74, 6) is 0.361. The first kappa shape index (κ1) is 8.79. The molecule has 1 aromatic rings. The molecule has 0 aliphatic heterocycles. The Morgan fingerprint density at radius 3 is 2.42 bits per heavy atom. The highest BCUT2D eigenvalue weighted by molar-refractivity contribution is 5.54. The Bertz CT molecular complexity index is 328. The average molecular weight is 163 g/mol. The molecule has 0 aromatic carbocycles. The van der Waals surface area contributed by atoms with Crippen LogP contribution in [0.15, 0.2) is 0 Å². The molecule has 64 valence electrons. The van der Waals surface area contributed by atoms with E-state index in [4.69, 9.17) is 6.57 Å². The van der Waals surface area contributed by atoms with Crippen molar-refractivity contribution in [3.8, 4) is 0 Å². The number of rotatable bonds is 1. The molecule has 0 spiro atoms. The predicted octanol–water partition coefficient (Wildman–Crippen LogP) is 2.40. The summed E-state index contributed by atoms with van der Waals surface area (Å²) in [6, 6.07) is 0. The monoisotopic (exact) mass is 163 g/mol. The first-order valence-electron chi connectivity index (χ1n) is 3.99. The molecule has 1 heterocycles. The number of nitrogens with zero attached hydrogens (tertiary/aromatic N) is 3. The van der Waals surface area contributed by atoms with Gasteiger partial charge in [-0.3, -0.25) is 4.68 Å². The minimum atomic E-state index is 0.361. The summed E-state index contributed by atoms with van der Waals surface area (Å²) >= 11 is 0. The highest BCUT2D eigenvalue weighted by atomic mass is 15.3. The van der Waals surface area contributed by atoms with E-state index in [1.165, 1.54) is 0 Å². The van der Waals surface area contributed by atoms with Crippen LogP contribution in [0.2, 0.25) is 0 Å². The van der Waals surface area contributed by atoms with Crippen LogP contribution in [0.1, 0.15) is 31.2 Å². The molecule has 0 bridgehead atoms. The summed E-state index contributed by atoms with van der Waals surface area (Å²) in [5.41, 5.74) is 2.58. The lowest BCUT2D eigenvalue weighted by molar-refractivity contribution is 0.667. The zero-order valence-corrected chi connectivity index (χ0v) is 7.92. The SMILES string of the molecule is [C-]#[N+]c1c(C)nn(C)c1C(C)C. The summed E-state index contributed by atoms with van der Waals surface area (Å²) < 4.78 is 1.80. The molecule has 12 heavy (non-hydrogen) atoms. The maximum atomic E-state index is 7.00. The van der Waals surface area contributed by atoms with Crippen molar-refractivity contribution >= 4 is 5.69 Å². The summed E-state index contributed by atoms with van der Waals surface area (Å²) in [7, 11) is 1.89.